The van der Waals surface area contributed by atoms with Crippen LogP contribution in [0.3, 0.4) is 0 Å². The van der Waals surface area contributed by atoms with Crippen molar-refractivity contribution in [2.45, 2.75) is 31.6 Å². The van der Waals surface area contributed by atoms with Crippen LogP contribution >= 0.6 is 11.8 Å². The molecule has 1 aromatic carbocycles. The first-order valence-electron chi connectivity index (χ1n) is 9.17. The number of aromatic amines is 1. The van der Waals surface area contributed by atoms with E-state index in [1.54, 1.807) is 15.8 Å². The van der Waals surface area contributed by atoms with E-state index in [0.717, 1.165) is 5.75 Å². The molecule has 0 unspecified atom stereocenters. The monoisotopic (exact) mass is 394 g/mol. The SMILES string of the molecule is CCSc1n[n+]2c(c(=O)[nH]1)-c1ccccc1N(C(=O)CC)[C@H]2c1ccccn1. The molecular weight excluding hydrogens is 374 g/mol. The van der Waals surface area contributed by atoms with Crippen molar-refractivity contribution in [3.8, 4) is 11.3 Å². The lowest BCUT2D eigenvalue weighted by atomic mass is 10.0. The van der Waals surface area contributed by atoms with Gasteiger partial charge in [0.2, 0.25) is 11.1 Å². The van der Waals surface area contributed by atoms with E-state index in [4.69, 9.17) is 0 Å². The minimum absolute atomic E-state index is 0.0620. The lowest BCUT2D eigenvalue weighted by Gasteiger charge is -2.31. The molecule has 0 aliphatic carbocycles. The molecular formula is C20H20N5O2S+. The molecule has 0 bridgehead atoms. The summed E-state index contributed by atoms with van der Waals surface area (Å²) in [6.45, 7) is 3.82. The van der Waals surface area contributed by atoms with E-state index < -0.39 is 6.17 Å². The lowest BCUT2D eigenvalue weighted by Crippen LogP contribution is -2.61. The molecule has 8 heteroatoms. The van der Waals surface area contributed by atoms with Crippen LogP contribution in [0.4, 0.5) is 5.69 Å². The van der Waals surface area contributed by atoms with Crippen molar-refractivity contribution in [2.75, 3.05) is 10.7 Å². The van der Waals surface area contributed by atoms with Crippen LogP contribution in [0.25, 0.3) is 11.3 Å². The highest BCUT2D eigenvalue weighted by atomic mass is 32.2. The second kappa shape index (κ2) is 7.55. The predicted octanol–water partition coefficient (Wildman–Crippen LogP) is 2.53. The van der Waals surface area contributed by atoms with E-state index in [0.29, 0.717) is 34.2 Å². The van der Waals surface area contributed by atoms with Gasteiger partial charge in [0.25, 0.3) is 0 Å². The number of anilines is 1. The zero-order chi connectivity index (χ0) is 19.7. The van der Waals surface area contributed by atoms with E-state index >= 15 is 0 Å². The molecule has 1 amide bonds. The second-order valence-electron chi connectivity index (χ2n) is 6.25. The Balaban J connectivity index is 2.06. The van der Waals surface area contributed by atoms with Crippen molar-refractivity contribution in [3.63, 3.8) is 0 Å². The summed E-state index contributed by atoms with van der Waals surface area (Å²) < 4.78 is 1.63. The third kappa shape index (κ3) is 2.99. The van der Waals surface area contributed by atoms with Crippen molar-refractivity contribution >= 4 is 23.4 Å². The summed E-state index contributed by atoms with van der Waals surface area (Å²) in [7, 11) is 0. The maximum atomic E-state index is 13.0. The first-order chi connectivity index (χ1) is 13.7. The molecule has 4 rings (SSSR count). The van der Waals surface area contributed by atoms with E-state index in [1.807, 2.05) is 56.3 Å². The molecule has 0 fully saturated rings. The molecule has 0 spiro atoms. The number of hydrogen-bond acceptors (Lipinski definition) is 5. The smallest absolute Gasteiger partial charge is 0.291 e. The number of nitrogens with zero attached hydrogens (tertiary/aromatic N) is 4. The quantitative estimate of drug-likeness (QED) is 0.543. The van der Waals surface area contributed by atoms with Gasteiger partial charge in [0.05, 0.1) is 11.3 Å². The molecule has 142 valence electrons. The Morgan fingerprint density at radius 2 is 2.00 bits per heavy atom. The Kier molecular flexibility index (Phi) is 4.95. The minimum atomic E-state index is -0.628. The molecule has 3 aromatic rings. The van der Waals surface area contributed by atoms with Gasteiger partial charge in [-0.1, -0.05) is 43.8 Å². The average Bonchev–Trinajstić information content (AvgIpc) is 2.72. The number of hydrogen-bond donors (Lipinski definition) is 1. The van der Waals surface area contributed by atoms with E-state index in [9.17, 15) is 9.59 Å². The Hall–Kier alpha value is -3.00. The Labute approximate surface area is 166 Å². The van der Waals surface area contributed by atoms with Crippen LogP contribution in [0, 0.1) is 0 Å². The molecule has 0 radical (unpaired) electrons. The second-order valence-corrected chi connectivity index (χ2v) is 7.50. The molecule has 1 N–H and O–H groups in total. The number of nitrogens with one attached hydrogen (secondary N) is 1. The molecule has 1 atom stereocenters. The van der Waals surface area contributed by atoms with Gasteiger partial charge in [0, 0.05) is 17.7 Å². The van der Waals surface area contributed by atoms with Gasteiger partial charge in [-0.2, -0.15) is 0 Å². The number of para-hydroxylation sites is 1. The maximum Gasteiger partial charge on any atom is 0.325 e. The number of fused-ring (bicyclic) bond motifs is 3. The number of carbonyl (C=O) groups excluding carboxylic acids is 1. The van der Waals surface area contributed by atoms with Crippen LogP contribution in [0.5, 0.6) is 0 Å². The molecule has 1 aliphatic heterocycles. The summed E-state index contributed by atoms with van der Waals surface area (Å²) in [6.07, 6.45) is 1.38. The van der Waals surface area contributed by atoms with Crippen molar-refractivity contribution < 1.29 is 9.48 Å². The summed E-state index contributed by atoms with van der Waals surface area (Å²) in [5, 5.41) is 5.19. The highest BCUT2D eigenvalue weighted by Gasteiger charge is 2.45. The van der Waals surface area contributed by atoms with Gasteiger partial charge < -0.3 is 0 Å². The fraction of sp³-hybridized carbons (Fsp3) is 0.250. The molecule has 0 saturated heterocycles. The molecule has 0 saturated carbocycles. The highest BCUT2D eigenvalue weighted by molar-refractivity contribution is 7.99. The summed E-state index contributed by atoms with van der Waals surface area (Å²) in [5.74, 6) is 0.707. The first kappa shape index (κ1) is 18.4. The molecule has 28 heavy (non-hydrogen) atoms. The fourth-order valence-electron chi connectivity index (χ4n) is 3.41. The van der Waals surface area contributed by atoms with Gasteiger partial charge in [-0.25, -0.2) is 4.90 Å². The van der Waals surface area contributed by atoms with Crippen molar-refractivity contribution in [1.82, 2.24) is 15.1 Å². The van der Waals surface area contributed by atoms with Crippen LogP contribution in [-0.2, 0) is 4.79 Å². The number of benzene rings is 1. The summed E-state index contributed by atoms with van der Waals surface area (Å²) in [6, 6.07) is 13.0. The zero-order valence-corrected chi connectivity index (χ0v) is 16.4. The number of thioether (sulfide) groups is 1. The molecule has 3 heterocycles. The normalized spacial score (nSPS) is 15.1. The molecule has 1 aliphatic rings. The lowest BCUT2D eigenvalue weighted by molar-refractivity contribution is -0.763. The van der Waals surface area contributed by atoms with Crippen LogP contribution in [0.2, 0.25) is 0 Å². The number of carbonyl (C=O) groups is 1. The number of amides is 1. The average molecular weight is 394 g/mol. The van der Waals surface area contributed by atoms with E-state index in [1.165, 1.54) is 11.8 Å². The Bertz CT molecular complexity index is 1080. The van der Waals surface area contributed by atoms with Crippen molar-refractivity contribution in [3.05, 3.63) is 64.7 Å². The third-order valence-corrected chi connectivity index (χ3v) is 5.31. The maximum absolute atomic E-state index is 13.0. The largest absolute Gasteiger partial charge is 0.325 e. The first-order valence-corrected chi connectivity index (χ1v) is 10.2. The standard InChI is InChI=1S/C20H19N5O2S/c1-3-16(26)24-15-11-6-5-9-13(15)17-18(27)22-20(28-4-2)23-25(17)19(24)14-10-7-8-12-21-14/h5-12,19H,3-4H2,1-2H3/p+1/t19-/m1/s1. The van der Waals surface area contributed by atoms with E-state index in [2.05, 4.69) is 15.1 Å². The van der Waals surface area contributed by atoms with Crippen LogP contribution in [-0.4, -0.2) is 26.7 Å². The summed E-state index contributed by atoms with van der Waals surface area (Å²) >= 11 is 1.44. The van der Waals surface area contributed by atoms with Gasteiger partial charge in [-0.15, -0.1) is 0 Å². The Morgan fingerprint density at radius 1 is 1.21 bits per heavy atom. The van der Waals surface area contributed by atoms with Gasteiger partial charge in [0.1, 0.15) is 5.69 Å². The van der Waals surface area contributed by atoms with Gasteiger partial charge >= 0.3 is 17.4 Å². The van der Waals surface area contributed by atoms with Crippen molar-refractivity contribution in [1.29, 1.82) is 0 Å². The van der Waals surface area contributed by atoms with Crippen molar-refractivity contribution in [2.24, 2.45) is 0 Å². The van der Waals surface area contributed by atoms with Crippen LogP contribution < -0.4 is 15.1 Å². The van der Waals surface area contributed by atoms with Gasteiger partial charge in [-0.05, 0) is 34.7 Å². The van der Waals surface area contributed by atoms with Crippen LogP contribution in [0.1, 0.15) is 32.1 Å². The number of pyridine rings is 1. The number of H-pyrrole nitrogens is 1. The number of aromatic nitrogens is 4. The Morgan fingerprint density at radius 3 is 2.71 bits per heavy atom. The fourth-order valence-corrected chi connectivity index (χ4v) is 3.99. The van der Waals surface area contributed by atoms with Gasteiger partial charge in [-0.3, -0.25) is 19.6 Å². The summed E-state index contributed by atoms with van der Waals surface area (Å²) in [4.78, 5) is 35.0. The van der Waals surface area contributed by atoms with E-state index in [-0.39, 0.29) is 11.5 Å². The zero-order valence-electron chi connectivity index (χ0n) is 15.6. The topological polar surface area (TPSA) is 82.8 Å². The van der Waals surface area contributed by atoms with Crippen LogP contribution in [0.15, 0.2) is 58.6 Å². The molecule has 7 nitrogen and oxygen atoms in total. The number of rotatable bonds is 4. The molecule has 2 aromatic heterocycles. The highest BCUT2D eigenvalue weighted by Crippen LogP contribution is 2.36. The summed E-state index contributed by atoms with van der Waals surface area (Å²) in [5.41, 5.74) is 2.21. The third-order valence-electron chi connectivity index (χ3n) is 4.56. The predicted molar refractivity (Wildman–Crippen MR) is 107 cm³/mol. The van der Waals surface area contributed by atoms with Gasteiger partial charge in [0.15, 0.2) is 0 Å². The minimum Gasteiger partial charge on any atom is -0.291 e.